The molecule has 0 spiro atoms. The van der Waals surface area contributed by atoms with Crippen LogP contribution in [0.1, 0.15) is 51.9 Å². The fourth-order valence-electron chi connectivity index (χ4n) is 1.54. The first-order valence-corrected chi connectivity index (χ1v) is 6.65. The van der Waals surface area contributed by atoms with E-state index in [0.717, 1.165) is 25.7 Å². The second-order valence-corrected chi connectivity index (χ2v) is 4.61. The molecule has 2 nitrogen and oxygen atoms in total. The predicted octanol–water partition coefficient (Wildman–Crippen LogP) is 4.22. The molecule has 0 saturated carbocycles. The molecule has 6 heteroatoms. The number of hydrogen-bond donors (Lipinski definition) is 0. The van der Waals surface area contributed by atoms with Gasteiger partial charge in [0.25, 0.3) is 0 Å². The smallest absolute Gasteiger partial charge is 0.330 e. The first-order valence-electron chi connectivity index (χ1n) is 6.65. The summed E-state index contributed by atoms with van der Waals surface area (Å²) in [5.41, 5.74) is 0. The summed E-state index contributed by atoms with van der Waals surface area (Å²) in [5.74, 6) is -4.50. The van der Waals surface area contributed by atoms with Crippen molar-refractivity contribution < 1.29 is 27.1 Å². The zero-order valence-electron chi connectivity index (χ0n) is 11.3. The summed E-state index contributed by atoms with van der Waals surface area (Å²) in [6, 6.07) is 0. The summed E-state index contributed by atoms with van der Waals surface area (Å²) < 4.78 is 52.8. The maximum Gasteiger partial charge on any atom is 0.330 e. The van der Waals surface area contributed by atoms with Crippen molar-refractivity contribution in [3.63, 3.8) is 0 Å². The fraction of sp³-hybridized carbons (Fsp3) is 0.923. The lowest BCUT2D eigenvalue weighted by molar-refractivity contribution is -0.168. The molecule has 0 radical (unpaired) electrons. The molecule has 0 heterocycles. The highest BCUT2D eigenvalue weighted by Crippen LogP contribution is 2.22. The van der Waals surface area contributed by atoms with Crippen LogP contribution in [0.5, 0.6) is 0 Å². The summed E-state index contributed by atoms with van der Waals surface area (Å²) in [6.45, 7) is 0.181. The number of alkyl halides is 4. The van der Waals surface area contributed by atoms with Crippen LogP contribution in [0.3, 0.4) is 0 Å². The predicted molar refractivity (Wildman–Crippen MR) is 64.8 cm³/mol. The Hall–Kier alpha value is -0.650. The highest BCUT2D eigenvalue weighted by Gasteiger charge is 2.41. The van der Waals surface area contributed by atoms with Crippen molar-refractivity contribution in [3.05, 3.63) is 0 Å². The standard InChI is InChI=1S/C13H22F4O2/c1-2-3-4-5-6-7-8-11(18)9-19-10-13(16,17)12(14)15/h12H,2-10H2,1H3. The van der Waals surface area contributed by atoms with Crippen LogP contribution < -0.4 is 0 Å². The Morgan fingerprint density at radius 2 is 1.68 bits per heavy atom. The number of halogens is 4. The summed E-state index contributed by atoms with van der Waals surface area (Å²) >= 11 is 0. The lowest BCUT2D eigenvalue weighted by Gasteiger charge is -2.14. The molecule has 0 aliphatic heterocycles. The molecule has 0 aromatic heterocycles. The van der Waals surface area contributed by atoms with Gasteiger partial charge in [-0.3, -0.25) is 4.79 Å². The van der Waals surface area contributed by atoms with Gasteiger partial charge in [-0.1, -0.05) is 39.0 Å². The van der Waals surface area contributed by atoms with E-state index in [0.29, 0.717) is 6.42 Å². The van der Waals surface area contributed by atoms with Crippen molar-refractivity contribution in [2.45, 2.75) is 64.2 Å². The normalized spacial score (nSPS) is 12.1. The Morgan fingerprint density at radius 3 is 2.26 bits per heavy atom. The molecule has 0 saturated heterocycles. The van der Waals surface area contributed by atoms with E-state index in [1.54, 1.807) is 0 Å². The molecular formula is C13H22F4O2. The number of ether oxygens (including phenoxy) is 1. The van der Waals surface area contributed by atoms with Gasteiger partial charge in [0.15, 0.2) is 5.78 Å². The molecule has 0 N–H and O–H groups in total. The van der Waals surface area contributed by atoms with Gasteiger partial charge in [0.2, 0.25) is 0 Å². The number of unbranched alkanes of at least 4 members (excludes halogenated alkanes) is 5. The minimum atomic E-state index is -4.18. The minimum Gasteiger partial charge on any atom is -0.367 e. The van der Waals surface area contributed by atoms with Gasteiger partial charge in [-0.2, -0.15) is 8.78 Å². The van der Waals surface area contributed by atoms with Gasteiger partial charge in [-0.25, -0.2) is 8.78 Å². The Labute approximate surface area is 111 Å². The van der Waals surface area contributed by atoms with Crippen LogP contribution in [0, 0.1) is 0 Å². The van der Waals surface area contributed by atoms with E-state index < -0.39 is 25.6 Å². The number of carbonyl (C=O) groups excluding carboxylic acids is 1. The third-order valence-electron chi connectivity index (χ3n) is 2.69. The van der Waals surface area contributed by atoms with Crippen LogP contribution in [0.4, 0.5) is 17.6 Å². The average Bonchev–Trinajstić information content (AvgIpc) is 2.33. The largest absolute Gasteiger partial charge is 0.367 e. The quantitative estimate of drug-likeness (QED) is 0.396. The highest BCUT2D eigenvalue weighted by atomic mass is 19.3. The topological polar surface area (TPSA) is 26.3 Å². The first-order chi connectivity index (χ1) is 8.90. The molecule has 0 amide bonds. The van der Waals surface area contributed by atoms with Crippen molar-refractivity contribution in [1.82, 2.24) is 0 Å². The van der Waals surface area contributed by atoms with Crippen molar-refractivity contribution in [2.75, 3.05) is 13.2 Å². The second kappa shape index (κ2) is 10.2. The van der Waals surface area contributed by atoms with Gasteiger partial charge in [-0.15, -0.1) is 0 Å². The summed E-state index contributed by atoms with van der Waals surface area (Å²) in [6.07, 6.45) is 2.58. The molecule has 19 heavy (non-hydrogen) atoms. The van der Waals surface area contributed by atoms with E-state index in [-0.39, 0.29) is 12.2 Å². The zero-order valence-corrected chi connectivity index (χ0v) is 11.3. The summed E-state index contributed by atoms with van der Waals surface area (Å²) in [4.78, 5) is 11.2. The molecule has 0 aromatic rings. The van der Waals surface area contributed by atoms with E-state index in [9.17, 15) is 22.4 Å². The van der Waals surface area contributed by atoms with Crippen LogP contribution in [0.2, 0.25) is 0 Å². The van der Waals surface area contributed by atoms with Gasteiger partial charge in [-0.05, 0) is 6.42 Å². The number of Topliss-reactive ketones (excluding diaryl/α,β-unsaturated/α-hetero) is 1. The van der Waals surface area contributed by atoms with Gasteiger partial charge < -0.3 is 4.74 Å². The molecule has 0 unspecified atom stereocenters. The van der Waals surface area contributed by atoms with Crippen LogP contribution in [-0.4, -0.2) is 31.3 Å². The van der Waals surface area contributed by atoms with Crippen molar-refractivity contribution >= 4 is 5.78 Å². The third-order valence-corrected chi connectivity index (χ3v) is 2.69. The van der Waals surface area contributed by atoms with E-state index in [4.69, 9.17) is 0 Å². The Morgan fingerprint density at radius 1 is 1.11 bits per heavy atom. The molecule has 0 rings (SSSR count). The molecule has 0 aliphatic carbocycles. The van der Waals surface area contributed by atoms with Gasteiger partial charge in [0, 0.05) is 6.42 Å². The van der Waals surface area contributed by atoms with Crippen LogP contribution in [-0.2, 0) is 9.53 Å². The van der Waals surface area contributed by atoms with Crippen LogP contribution >= 0.6 is 0 Å². The molecular weight excluding hydrogens is 264 g/mol. The molecule has 0 aromatic carbocycles. The summed E-state index contributed by atoms with van der Waals surface area (Å²) in [5, 5.41) is 0. The highest BCUT2D eigenvalue weighted by molar-refractivity contribution is 5.79. The molecule has 0 atom stereocenters. The van der Waals surface area contributed by atoms with Gasteiger partial charge in [0.05, 0.1) is 0 Å². The third kappa shape index (κ3) is 9.87. The Balaban J connectivity index is 3.50. The summed E-state index contributed by atoms with van der Waals surface area (Å²) in [7, 11) is 0. The molecule has 0 fully saturated rings. The number of ketones is 1. The number of rotatable bonds is 12. The first kappa shape index (κ1) is 18.4. The number of hydrogen-bond acceptors (Lipinski definition) is 2. The van der Waals surface area contributed by atoms with E-state index in [1.165, 1.54) is 6.42 Å². The average molecular weight is 286 g/mol. The second-order valence-electron chi connectivity index (χ2n) is 4.61. The minimum absolute atomic E-state index is 0.256. The van der Waals surface area contributed by atoms with E-state index >= 15 is 0 Å². The fourth-order valence-corrected chi connectivity index (χ4v) is 1.54. The van der Waals surface area contributed by atoms with Crippen LogP contribution in [0.15, 0.2) is 0 Å². The number of carbonyl (C=O) groups is 1. The Bertz CT molecular complexity index is 245. The lowest BCUT2D eigenvalue weighted by Crippen LogP contribution is -2.33. The van der Waals surface area contributed by atoms with Crippen molar-refractivity contribution in [1.29, 1.82) is 0 Å². The maximum atomic E-state index is 12.4. The van der Waals surface area contributed by atoms with E-state index in [1.807, 2.05) is 0 Å². The van der Waals surface area contributed by atoms with E-state index in [2.05, 4.69) is 11.7 Å². The molecule has 114 valence electrons. The zero-order chi connectivity index (χ0) is 14.7. The lowest BCUT2D eigenvalue weighted by atomic mass is 10.1. The monoisotopic (exact) mass is 286 g/mol. The maximum absolute atomic E-state index is 12.4. The van der Waals surface area contributed by atoms with Gasteiger partial charge >= 0.3 is 12.3 Å². The Kier molecular flexibility index (Phi) is 9.83. The van der Waals surface area contributed by atoms with Gasteiger partial charge in [0.1, 0.15) is 13.2 Å². The molecule has 0 bridgehead atoms. The molecule has 0 aliphatic rings. The van der Waals surface area contributed by atoms with Crippen LogP contribution in [0.25, 0.3) is 0 Å². The van der Waals surface area contributed by atoms with Crippen molar-refractivity contribution in [2.24, 2.45) is 0 Å². The van der Waals surface area contributed by atoms with Crippen molar-refractivity contribution in [3.8, 4) is 0 Å². The SMILES string of the molecule is CCCCCCCCC(=O)COCC(F)(F)C(F)F.